The van der Waals surface area contributed by atoms with E-state index in [-0.39, 0.29) is 97.6 Å². The second-order valence-corrected chi connectivity index (χ2v) is 10.2. The molecule has 0 aromatic rings. The Kier molecular flexibility index (Phi) is 42.0. The molecule has 46 heavy (non-hydrogen) atoms. The van der Waals surface area contributed by atoms with Crippen molar-refractivity contribution in [1.29, 1.82) is 0 Å². The molecule has 0 aromatic carbocycles. The average Bonchev–Trinajstić information content (AvgIpc) is 2.97. The topological polar surface area (TPSA) is 125 Å². The van der Waals surface area contributed by atoms with Gasteiger partial charge >= 0.3 is 71.1 Å². The van der Waals surface area contributed by atoms with Gasteiger partial charge in [0.25, 0.3) is 0 Å². The Morgan fingerprint density at radius 2 is 1.11 bits per heavy atom. The van der Waals surface area contributed by atoms with Gasteiger partial charge in [-0.25, -0.2) is 4.79 Å². The van der Waals surface area contributed by atoms with Crippen LogP contribution < -0.4 is 68.9 Å². The van der Waals surface area contributed by atoms with Crippen LogP contribution in [0.2, 0.25) is 0 Å². The van der Waals surface area contributed by atoms with Crippen molar-refractivity contribution in [3.8, 4) is 83.4 Å². The number of phosphoric acid groups is 1. The predicted molar refractivity (Wildman–Crippen MR) is 198 cm³/mol. The number of carbonyl (C=O) groups is 2. The van der Waals surface area contributed by atoms with E-state index in [9.17, 15) is 23.9 Å². The number of ether oxygens (including phenoxy) is 2. The van der Waals surface area contributed by atoms with Crippen LogP contribution in [0, 0.1) is 83.4 Å². The largest absolute Gasteiger partial charge is 1.00 e. The van der Waals surface area contributed by atoms with Crippen molar-refractivity contribution < 1.29 is 116 Å². The van der Waals surface area contributed by atoms with Crippen molar-refractivity contribution in [3.05, 3.63) is 0 Å². The number of phosphoric ester groups is 1. The molecular formula is C34H65Na2O8PS. The minimum absolute atomic E-state index is 0. The summed E-state index contributed by atoms with van der Waals surface area (Å²) in [7, 11) is -5.32. The van der Waals surface area contributed by atoms with Crippen LogP contribution in [0.3, 0.4) is 0 Å². The monoisotopic (exact) mass is 710 g/mol. The van der Waals surface area contributed by atoms with E-state index in [1.807, 2.05) is 0 Å². The third kappa shape index (κ3) is 40.3. The summed E-state index contributed by atoms with van der Waals surface area (Å²) >= 11 is 0. The summed E-state index contributed by atoms with van der Waals surface area (Å²) in [6.07, 6.45) is 18.8. The van der Waals surface area contributed by atoms with Gasteiger partial charge < -0.3 is 28.3 Å². The normalized spacial score (nSPS) is 9.26. The Hall–Kier alpha value is -1.68. The second-order valence-electron chi connectivity index (χ2n) is 9.09. The molecule has 0 bridgehead atoms. The summed E-state index contributed by atoms with van der Waals surface area (Å²) in [5.74, 6) is 28.4. The van der Waals surface area contributed by atoms with Gasteiger partial charge in [0, 0.05) is 30.9 Å². The maximum atomic E-state index is 12.2. The Morgan fingerprint density at radius 1 is 0.696 bits per heavy atom. The molecule has 0 saturated carbocycles. The number of carbonyl (C=O) groups excluding carboxylic acids is 2. The van der Waals surface area contributed by atoms with Crippen LogP contribution in [0.25, 0.3) is 0 Å². The van der Waals surface area contributed by atoms with Crippen molar-refractivity contribution in [3.63, 3.8) is 0 Å². The first kappa shape index (κ1) is 51.2. The van der Waals surface area contributed by atoms with Crippen LogP contribution >= 0.6 is 21.3 Å². The van der Waals surface area contributed by atoms with Crippen molar-refractivity contribution in [2.24, 2.45) is 0 Å². The van der Waals surface area contributed by atoms with Crippen molar-refractivity contribution in [1.82, 2.24) is 0 Å². The van der Waals surface area contributed by atoms with Crippen molar-refractivity contribution >= 4 is 33.3 Å². The number of rotatable bonds is 20. The summed E-state index contributed by atoms with van der Waals surface area (Å²) in [6, 6.07) is 0. The molecule has 0 aromatic heterocycles. The van der Waals surface area contributed by atoms with E-state index in [0.717, 1.165) is 19.3 Å². The molecule has 0 amide bonds. The molecule has 0 radical (unpaired) electrons. The molecule has 0 fully saturated rings. The minimum Gasteiger partial charge on any atom is -0.790 e. The minimum atomic E-state index is -5.32. The molecule has 262 valence electrons. The maximum Gasteiger partial charge on any atom is 1.00 e. The van der Waals surface area contributed by atoms with E-state index >= 15 is 0 Å². The fourth-order valence-corrected chi connectivity index (χ4v) is 3.78. The van der Waals surface area contributed by atoms with Gasteiger partial charge in [-0.1, -0.05) is 84.0 Å². The Morgan fingerprint density at radius 3 is 1.54 bits per heavy atom. The van der Waals surface area contributed by atoms with Crippen LogP contribution in [0.4, 0.5) is 0 Å². The van der Waals surface area contributed by atoms with Gasteiger partial charge in [0.15, 0.2) is 6.10 Å². The Labute approximate surface area is 346 Å². The zero-order chi connectivity index (χ0) is 31.9. The van der Waals surface area contributed by atoms with Gasteiger partial charge in [0.1, 0.15) is 6.61 Å². The molecule has 0 spiro atoms. The molecule has 0 rings (SSSR count). The number of hydrogen-bond donors (Lipinski definition) is 0. The molecule has 0 aliphatic rings. The van der Waals surface area contributed by atoms with Gasteiger partial charge in [-0.2, -0.15) is 13.5 Å². The van der Waals surface area contributed by atoms with E-state index < -0.39 is 39.1 Å². The fourth-order valence-electron chi connectivity index (χ4n) is 3.43. The second kappa shape index (κ2) is 37.8. The molecule has 0 heterocycles. The van der Waals surface area contributed by atoms with Crippen LogP contribution in [0.1, 0.15) is 115 Å². The molecule has 12 heteroatoms. The third-order valence-electron chi connectivity index (χ3n) is 5.46. The maximum absolute atomic E-state index is 12.2. The van der Waals surface area contributed by atoms with Crippen molar-refractivity contribution in [2.45, 2.75) is 103 Å². The number of unbranched alkanes of at least 4 members (excludes halogenated alkanes) is 12. The third-order valence-corrected chi connectivity index (χ3v) is 5.93. The first-order valence-corrected chi connectivity index (χ1v) is 15.7. The van der Waals surface area contributed by atoms with E-state index in [0.29, 0.717) is 6.42 Å². The van der Waals surface area contributed by atoms with Gasteiger partial charge in [-0.05, 0) is 77.5 Å². The summed E-state index contributed by atoms with van der Waals surface area (Å²) in [5, 5.41) is 0. The van der Waals surface area contributed by atoms with Gasteiger partial charge in [0.05, 0.1) is 14.4 Å². The van der Waals surface area contributed by atoms with E-state index in [1.165, 1.54) is 57.8 Å². The fraction of sp³-hybridized carbons (Fsp3) is 0.529. The van der Waals surface area contributed by atoms with Crippen LogP contribution in [-0.4, -0.2) is 31.3 Å². The van der Waals surface area contributed by atoms with Crippen LogP contribution in [-0.2, 0) is 28.2 Å². The SMILES string of the molecule is C#CC#CC#CC#CC#CC#CC#CC(=O)OC[C@H](COP(=O)([O-])[O-])OC(=O)CCCCCCCCCCCCCCC.S.[HH].[HH].[HH].[HH].[HH].[HH].[HH].[HH].[HH].[HH].[HH].[HH].[HH].[Na+].[Na+]. The standard InChI is InChI=1S/C34H39O8P.2Na.H2S.13H2/c1-3-5-7-9-11-13-15-17-19-21-23-25-27-29-34(36)42-32(31-41-43(37,38)39)30-40-33(35)28-26-24-22-20-18-16-14-12-10-8-6-4-2;;;;;;;;;;;;;;;;/h2,32H,3,5,7,9,11,13,15,17,19,21,23,25,27,29-31H2,1H3,(H2,37,38,39);;;1H2;13*1H/q;2*+1;;;;;;;;;;;;;;/p-2/t32-;;;;;;;;;;;;;;;;/m1................/s1. The number of esters is 2. The van der Waals surface area contributed by atoms with Gasteiger partial charge in [-0.3, -0.25) is 4.79 Å². The quantitative estimate of drug-likeness (QED) is 0.0453. The van der Waals surface area contributed by atoms with Gasteiger partial charge in [-0.15, -0.1) is 6.42 Å². The van der Waals surface area contributed by atoms with E-state index in [1.54, 1.807) is 0 Å². The molecule has 0 aliphatic carbocycles. The van der Waals surface area contributed by atoms with Gasteiger partial charge in [0.2, 0.25) is 0 Å². The number of terminal acetylenes is 1. The predicted octanol–water partition coefficient (Wildman–Crippen LogP) is 0.740. The first-order valence-electron chi connectivity index (χ1n) is 14.3. The molecule has 0 saturated heterocycles. The van der Waals surface area contributed by atoms with Crippen LogP contribution in [0.5, 0.6) is 0 Å². The summed E-state index contributed by atoms with van der Waals surface area (Å²) in [5.41, 5.74) is 0. The molecule has 0 N–H and O–H groups in total. The molecule has 0 aliphatic heterocycles. The smallest absolute Gasteiger partial charge is 0.790 e. The first-order chi connectivity index (χ1) is 20.8. The summed E-state index contributed by atoms with van der Waals surface area (Å²) in [4.78, 5) is 45.7. The van der Waals surface area contributed by atoms with Crippen molar-refractivity contribution in [2.75, 3.05) is 13.2 Å². The summed E-state index contributed by atoms with van der Waals surface area (Å²) < 4.78 is 25.0. The Bertz CT molecular complexity index is 1380. The summed E-state index contributed by atoms with van der Waals surface area (Å²) in [6.45, 7) is 0.871. The van der Waals surface area contributed by atoms with Crippen LogP contribution in [0.15, 0.2) is 0 Å². The molecule has 0 unspecified atom stereocenters. The average molecular weight is 711 g/mol. The molecular weight excluding hydrogens is 645 g/mol. The molecule has 1 atom stereocenters. The van der Waals surface area contributed by atoms with E-state index in [4.69, 9.17) is 15.9 Å². The van der Waals surface area contributed by atoms with E-state index in [2.05, 4.69) is 88.4 Å². The zero-order valence-electron chi connectivity index (χ0n) is 27.2. The Balaban J connectivity index is -0.0000000735. The number of hydrogen-bond acceptors (Lipinski definition) is 8. The molecule has 8 nitrogen and oxygen atoms in total. The zero-order valence-corrected chi connectivity index (χ0v) is 33.1.